The predicted molar refractivity (Wildman–Crippen MR) is 76.1 cm³/mol. The molecule has 0 fully saturated rings. The van der Waals surface area contributed by atoms with E-state index >= 15 is 0 Å². The zero-order chi connectivity index (χ0) is 13.8. The summed E-state index contributed by atoms with van der Waals surface area (Å²) in [5.74, 6) is 6.65. The van der Waals surface area contributed by atoms with Gasteiger partial charge in [-0.3, -0.25) is 11.3 Å². The van der Waals surface area contributed by atoms with Crippen LogP contribution in [0, 0.1) is 0 Å². The summed E-state index contributed by atoms with van der Waals surface area (Å²) >= 11 is 0. The lowest BCUT2D eigenvalue weighted by atomic mass is 10.0. The van der Waals surface area contributed by atoms with Crippen molar-refractivity contribution in [2.75, 3.05) is 6.61 Å². The summed E-state index contributed by atoms with van der Waals surface area (Å²) in [5, 5.41) is 0. The molecule has 0 spiro atoms. The largest absolute Gasteiger partial charge is 0.493 e. The molecule has 0 bridgehead atoms. The van der Waals surface area contributed by atoms with Gasteiger partial charge in [0.2, 0.25) is 0 Å². The highest BCUT2D eigenvalue weighted by Gasteiger charge is 2.14. The Balaban J connectivity index is 1.66. The van der Waals surface area contributed by atoms with Crippen LogP contribution in [0.1, 0.15) is 29.3 Å². The lowest BCUT2D eigenvalue weighted by Gasteiger charge is -2.15. The zero-order valence-corrected chi connectivity index (χ0v) is 11.2. The van der Waals surface area contributed by atoms with Gasteiger partial charge in [-0.1, -0.05) is 12.1 Å². The summed E-state index contributed by atoms with van der Waals surface area (Å²) in [6, 6.07) is 8.35. The van der Waals surface area contributed by atoms with Gasteiger partial charge in [-0.15, -0.1) is 0 Å². The molecule has 1 atom stereocenters. The van der Waals surface area contributed by atoms with Crippen LogP contribution in [0.3, 0.4) is 0 Å². The molecule has 104 valence electrons. The van der Waals surface area contributed by atoms with Gasteiger partial charge in [-0.05, 0) is 36.1 Å². The van der Waals surface area contributed by atoms with E-state index in [4.69, 9.17) is 10.6 Å². The number of ether oxygens (including phenoxy) is 1. The number of nitrogens with two attached hydrogens (primary N) is 1. The average molecular weight is 270 g/mol. The summed E-state index contributed by atoms with van der Waals surface area (Å²) in [4.78, 5) is 8.17. The molecule has 0 aliphatic carbocycles. The first kappa shape index (κ1) is 13.0. The molecule has 5 nitrogen and oxygen atoms in total. The van der Waals surface area contributed by atoms with Gasteiger partial charge in [-0.2, -0.15) is 0 Å². The topological polar surface area (TPSA) is 73.1 Å². The monoisotopic (exact) mass is 270 g/mol. The summed E-state index contributed by atoms with van der Waals surface area (Å²) in [7, 11) is 0. The van der Waals surface area contributed by atoms with Gasteiger partial charge < -0.3 is 4.74 Å². The molecule has 0 amide bonds. The van der Waals surface area contributed by atoms with Crippen molar-refractivity contribution < 1.29 is 4.74 Å². The Bertz CT molecular complexity index is 573. The van der Waals surface area contributed by atoms with Gasteiger partial charge in [0.05, 0.1) is 18.3 Å². The molecule has 3 N–H and O–H groups in total. The minimum absolute atomic E-state index is 0.0440. The summed E-state index contributed by atoms with van der Waals surface area (Å²) < 4.78 is 5.52. The van der Waals surface area contributed by atoms with E-state index < -0.39 is 0 Å². The van der Waals surface area contributed by atoms with E-state index in [9.17, 15) is 0 Å². The molecule has 1 unspecified atom stereocenters. The van der Waals surface area contributed by atoms with Crippen LogP contribution in [-0.2, 0) is 12.8 Å². The minimum Gasteiger partial charge on any atom is -0.493 e. The fraction of sp³-hybridized carbons (Fsp3) is 0.333. The van der Waals surface area contributed by atoms with Gasteiger partial charge in [0.15, 0.2) is 0 Å². The van der Waals surface area contributed by atoms with Gasteiger partial charge in [0.1, 0.15) is 12.1 Å². The van der Waals surface area contributed by atoms with Crippen molar-refractivity contribution in [1.29, 1.82) is 0 Å². The second kappa shape index (κ2) is 5.98. The number of hydrogen-bond acceptors (Lipinski definition) is 5. The number of fused-ring (bicyclic) bond motifs is 1. The molecule has 0 radical (unpaired) electrons. The molecule has 1 aliphatic heterocycles. The third kappa shape index (κ3) is 2.79. The van der Waals surface area contributed by atoms with Crippen LogP contribution in [0.5, 0.6) is 5.75 Å². The second-order valence-corrected chi connectivity index (χ2v) is 4.93. The second-order valence-electron chi connectivity index (χ2n) is 4.93. The van der Waals surface area contributed by atoms with E-state index in [0.29, 0.717) is 0 Å². The molecule has 1 aliphatic rings. The van der Waals surface area contributed by atoms with Crippen molar-refractivity contribution in [3.05, 3.63) is 53.6 Å². The Labute approximate surface area is 118 Å². The number of rotatable bonds is 5. The molecule has 0 saturated carbocycles. The molecule has 20 heavy (non-hydrogen) atoms. The van der Waals surface area contributed by atoms with Gasteiger partial charge in [0, 0.05) is 12.6 Å². The Kier molecular flexibility index (Phi) is 3.90. The highest BCUT2D eigenvalue weighted by atomic mass is 16.5. The maximum Gasteiger partial charge on any atom is 0.122 e. The van der Waals surface area contributed by atoms with Gasteiger partial charge in [0.25, 0.3) is 0 Å². The van der Waals surface area contributed by atoms with Crippen molar-refractivity contribution in [2.45, 2.75) is 25.3 Å². The van der Waals surface area contributed by atoms with Crippen molar-refractivity contribution in [3.8, 4) is 5.75 Å². The number of nitrogens with one attached hydrogen (secondary N) is 1. The van der Waals surface area contributed by atoms with E-state index in [-0.39, 0.29) is 6.04 Å². The predicted octanol–water partition coefficient (Wildman–Crippen LogP) is 1.55. The third-order valence-electron chi connectivity index (χ3n) is 3.64. The first-order chi connectivity index (χ1) is 9.86. The van der Waals surface area contributed by atoms with E-state index in [1.807, 2.05) is 6.07 Å². The quantitative estimate of drug-likeness (QED) is 0.637. The molecule has 5 heteroatoms. The van der Waals surface area contributed by atoms with E-state index in [1.165, 1.54) is 11.1 Å². The maximum atomic E-state index is 5.63. The van der Waals surface area contributed by atoms with Gasteiger partial charge in [-0.25, -0.2) is 9.97 Å². The van der Waals surface area contributed by atoms with Gasteiger partial charge >= 0.3 is 0 Å². The lowest BCUT2D eigenvalue weighted by Crippen LogP contribution is -2.29. The summed E-state index contributed by atoms with van der Waals surface area (Å²) in [6.07, 6.45) is 6.14. The normalized spacial score (nSPS) is 14.7. The summed E-state index contributed by atoms with van der Waals surface area (Å²) in [6.45, 7) is 0.798. The van der Waals surface area contributed by atoms with E-state index in [1.54, 1.807) is 12.5 Å². The number of hydrazine groups is 1. The molecular formula is C15H18N4O. The highest BCUT2D eigenvalue weighted by molar-refractivity contribution is 5.39. The van der Waals surface area contributed by atoms with Crippen molar-refractivity contribution in [1.82, 2.24) is 15.4 Å². The van der Waals surface area contributed by atoms with Crippen LogP contribution < -0.4 is 16.0 Å². The number of nitrogens with zero attached hydrogens (tertiary/aromatic N) is 2. The lowest BCUT2D eigenvalue weighted by molar-refractivity contribution is 0.357. The Morgan fingerprint density at radius 1 is 1.35 bits per heavy atom. The van der Waals surface area contributed by atoms with Crippen LogP contribution in [0.4, 0.5) is 0 Å². The SMILES string of the molecule is NNC(CCc1ccc2c(c1)CCO2)c1ccncn1. The van der Waals surface area contributed by atoms with Crippen molar-refractivity contribution >= 4 is 0 Å². The number of hydrogen-bond donors (Lipinski definition) is 2. The molecular weight excluding hydrogens is 252 g/mol. The first-order valence-electron chi connectivity index (χ1n) is 6.83. The minimum atomic E-state index is 0.0440. The molecule has 3 rings (SSSR count). The maximum absolute atomic E-state index is 5.63. The molecule has 2 aromatic rings. The molecule has 0 saturated heterocycles. The molecule has 1 aromatic carbocycles. The fourth-order valence-electron chi connectivity index (χ4n) is 2.53. The smallest absolute Gasteiger partial charge is 0.122 e. The van der Waals surface area contributed by atoms with Crippen molar-refractivity contribution in [3.63, 3.8) is 0 Å². The Morgan fingerprint density at radius 3 is 3.10 bits per heavy atom. The highest BCUT2D eigenvalue weighted by Crippen LogP contribution is 2.27. The average Bonchev–Trinajstić information content (AvgIpc) is 2.96. The number of aryl methyl sites for hydroxylation is 1. The number of benzene rings is 1. The van der Waals surface area contributed by atoms with E-state index in [0.717, 1.165) is 37.3 Å². The summed E-state index contributed by atoms with van der Waals surface area (Å²) in [5.41, 5.74) is 6.37. The third-order valence-corrected chi connectivity index (χ3v) is 3.64. The Hall–Kier alpha value is -1.98. The van der Waals surface area contributed by atoms with Crippen LogP contribution >= 0.6 is 0 Å². The molecule has 2 heterocycles. The van der Waals surface area contributed by atoms with Crippen LogP contribution in [0.2, 0.25) is 0 Å². The first-order valence-corrected chi connectivity index (χ1v) is 6.83. The molecule has 1 aromatic heterocycles. The standard InChI is InChI=1S/C15H18N4O/c16-19-14(13-5-7-17-10-18-13)3-1-11-2-4-15-12(9-11)6-8-20-15/h2,4-5,7,9-10,14,19H,1,3,6,8,16H2. The van der Waals surface area contributed by atoms with E-state index in [2.05, 4.69) is 33.6 Å². The Morgan fingerprint density at radius 2 is 2.30 bits per heavy atom. The fourth-order valence-corrected chi connectivity index (χ4v) is 2.53. The van der Waals surface area contributed by atoms with Crippen molar-refractivity contribution in [2.24, 2.45) is 5.84 Å². The van der Waals surface area contributed by atoms with Crippen LogP contribution in [0.15, 0.2) is 36.8 Å². The van der Waals surface area contributed by atoms with Crippen LogP contribution in [0.25, 0.3) is 0 Å². The van der Waals surface area contributed by atoms with Crippen LogP contribution in [-0.4, -0.2) is 16.6 Å². The zero-order valence-electron chi connectivity index (χ0n) is 11.2. The number of aromatic nitrogens is 2.